The highest BCUT2D eigenvalue weighted by Gasteiger charge is 2.17. The van der Waals surface area contributed by atoms with Crippen molar-refractivity contribution in [1.82, 2.24) is 0 Å². The van der Waals surface area contributed by atoms with Crippen molar-refractivity contribution < 1.29 is 4.74 Å². The van der Waals surface area contributed by atoms with Gasteiger partial charge in [0.1, 0.15) is 0 Å². The maximum atomic E-state index is 5.48. The summed E-state index contributed by atoms with van der Waals surface area (Å²) in [6.45, 7) is 5.01. The van der Waals surface area contributed by atoms with E-state index in [1.807, 2.05) is 0 Å². The van der Waals surface area contributed by atoms with E-state index in [4.69, 9.17) is 4.74 Å². The van der Waals surface area contributed by atoms with Gasteiger partial charge in [-0.2, -0.15) is 0 Å². The van der Waals surface area contributed by atoms with Gasteiger partial charge in [0.15, 0.2) is 0 Å². The lowest BCUT2D eigenvalue weighted by Gasteiger charge is -2.02. The first-order chi connectivity index (χ1) is 5.27. The summed E-state index contributed by atoms with van der Waals surface area (Å²) >= 11 is 0. The van der Waals surface area contributed by atoms with Crippen LogP contribution in [0.2, 0.25) is 0 Å². The Bertz CT molecular complexity index is 278. The molecular formula is C10H12O. The highest BCUT2D eigenvalue weighted by Crippen LogP contribution is 2.30. The van der Waals surface area contributed by atoms with Crippen LogP contribution in [-0.4, -0.2) is 0 Å². The molecule has 11 heavy (non-hydrogen) atoms. The van der Waals surface area contributed by atoms with Crippen molar-refractivity contribution in [3.63, 3.8) is 0 Å². The normalized spacial score (nSPS) is 21.8. The molecule has 0 saturated carbocycles. The molecule has 0 saturated heterocycles. The SMILES string of the molecule is Cc1ccc2c(c1)[C@H](C)OC2. The van der Waals surface area contributed by atoms with Gasteiger partial charge in [-0.25, -0.2) is 0 Å². The number of aryl methyl sites for hydroxylation is 1. The van der Waals surface area contributed by atoms with E-state index in [0.29, 0.717) is 6.10 Å². The van der Waals surface area contributed by atoms with Crippen LogP contribution in [0.3, 0.4) is 0 Å². The Morgan fingerprint density at radius 2 is 2.27 bits per heavy atom. The van der Waals surface area contributed by atoms with Crippen molar-refractivity contribution in [2.75, 3.05) is 0 Å². The van der Waals surface area contributed by atoms with Crippen LogP contribution in [0, 0.1) is 6.92 Å². The van der Waals surface area contributed by atoms with Crippen LogP contribution in [0.4, 0.5) is 0 Å². The molecule has 1 heterocycles. The highest BCUT2D eigenvalue weighted by atomic mass is 16.5. The van der Waals surface area contributed by atoms with Gasteiger partial charge >= 0.3 is 0 Å². The van der Waals surface area contributed by atoms with Crippen molar-refractivity contribution in [3.8, 4) is 0 Å². The van der Waals surface area contributed by atoms with E-state index in [2.05, 4.69) is 32.0 Å². The van der Waals surface area contributed by atoms with E-state index in [-0.39, 0.29) is 0 Å². The quantitative estimate of drug-likeness (QED) is 0.549. The number of hydrogen-bond acceptors (Lipinski definition) is 1. The van der Waals surface area contributed by atoms with Crippen LogP contribution >= 0.6 is 0 Å². The maximum absolute atomic E-state index is 5.48. The van der Waals surface area contributed by atoms with Gasteiger partial charge in [-0.15, -0.1) is 0 Å². The lowest BCUT2D eigenvalue weighted by Crippen LogP contribution is -1.88. The zero-order chi connectivity index (χ0) is 7.84. The minimum Gasteiger partial charge on any atom is -0.369 e. The van der Waals surface area contributed by atoms with Gasteiger partial charge in [-0.05, 0) is 25.0 Å². The minimum atomic E-state index is 0.296. The topological polar surface area (TPSA) is 9.23 Å². The van der Waals surface area contributed by atoms with Crippen LogP contribution in [0.25, 0.3) is 0 Å². The fourth-order valence-corrected chi connectivity index (χ4v) is 1.53. The predicted molar refractivity (Wildman–Crippen MR) is 44.4 cm³/mol. The first-order valence-corrected chi connectivity index (χ1v) is 3.98. The van der Waals surface area contributed by atoms with Crippen LogP contribution in [0.1, 0.15) is 29.7 Å². The molecule has 0 aromatic heterocycles. The Morgan fingerprint density at radius 1 is 1.45 bits per heavy atom. The Kier molecular flexibility index (Phi) is 1.46. The van der Waals surface area contributed by atoms with Crippen molar-refractivity contribution in [1.29, 1.82) is 0 Å². The summed E-state index contributed by atoms with van der Waals surface area (Å²) in [4.78, 5) is 0. The van der Waals surface area contributed by atoms with Crippen molar-refractivity contribution in [2.45, 2.75) is 26.6 Å². The van der Waals surface area contributed by atoms with Gasteiger partial charge in [0.05, 0.1) is 12.7 Å². The molecule has 0 fully saturated rings. The number of fused-ring (bicyclic) bond motifs is 1. The molecule has 0 bridgehead atoms. The van der Waals surface area contributed by atoms with Crippen LogP contribution < -0.4 is 0 Å². The van der Waals surface area contributed by atoms with E-state index in [9.17, 15) is 0 Å². The summed E-state index contributed by atoms with van der Waals surface area (Å²) in [5, 5.41) is 0. The molecule has 1 aliphatic heterocycles. The average Bonchev–Trinajstić information content (AvgIpc) is 2.33. The molecule has 0 unspecified atom stereocenters. The molecule has 1 aliphatic rings. The molecule has 58 valence electrons. The third-order valence-electron chi connectivity index (χ3n) is 2.23. The van der Waals surface area contributed by atoms with E-state index in [1.54, 1.807) is 0 Å². The largest absolute Gasteiger partial charge is 0.369 e. The molecule has 1 aromatic rings. The molecule has 1 heteroatoms. The number of benzene rings is 1. The molecular weight excluding hydrogens is 136 g/mol. The fourth-order valence-electron chi connectivity index (χ4n) is 1.53. The number of rotatable bonds is 0. The zero-order valence-corrected chi connectivity index (χ0v) is 6.92. The number of ether oxygens (including phenoxy) is 1. The first kappa shape index (κ1) is 6.86. The maximum Gasteiger partial charge on any atom is 0.0805 e. The van der Waals surface area contributed by atoms with Crippen molar-refractivity contribution >= 4 is 0 Å². The van der Waals surface area contributed by atoms with Gasteiger partial charge in [0.2, 0.25) is 0 Å². The van der Waals surface area contributed by atoms with Gasteiger partial charge in [0.25, 0.3) is 0 Å². The van der Waals surface area contributed by atoms with Gasteiger partial charge < -0.3 is 4.74 Å². The highest BCUT2D eigenvalue weighted by molar-refractivity contribution is 5.34. The van der Waals surface area contributed by atoms with E-state index < -0.39 is 0 Å². The fraction of sp³-hybridized carbons (Fsp3) is 0.400. The van der Waals surface area contributed by atoms with Crippen LogP contribution in [-0.2, 0) is 11.3 Å². The predicted octanol–water partition coefficient (Wildman–Crippen LogP) is 2.59. The zero-order valence-electron chi connectivity index (χ0n) is 6.92. The van der Waals surface area contributed by atoms with Crippen LogP contribution in [0.15, 0.2) is 18.2 Å². The summed E-state index contributed by atoms with van der Waals surface area (Å²) in [6.07, 6.45) is 0.296. The summed E-state index contributed by atoms with van der Waals surface area (Å²) in [7, 11) is 0. The summed E-state index contributed by atoms with van der Waals surface area (Å²) in [5.74, 6) is 0. The molecule has 1 aromatic carbocycles. The van der Waals surface area contributed by atoms with E-state index in [0.717, 1.165) is 6.61 Å². The van der Waals surface area contributed by atoms with Gasteiger partial charge in [-0.3, -0.25) is 0 Å². The lowest BCUT2D eigenvalue weighted by atomic mass is 10.0. The van der Waals surface area contributed by atoms with Gasteiger partial charge in [0, 0.05) is 0 Å². The molecule has 0 spiro atoms. The third kappa shape index (κ3) is 1.05. The lowest BCUT2D eigenvalue weighted by molar-refractivity contribution is 0.0796. The molecule has 0 radical (unpaired) electrons. The second-order valence-corrected chi connectivity index (χ2v) is 3.16. The third-order valence-corrected chi connectivity index (χ3v) is 2.23. The molecule has 1 nitrogen and oxygen atoms in total. The Balaban J connectivity index is 2.52. The molecule has 0 aliphatic carbocycles. The summed E-state index contributed by atoms with van der Waals surface area (Å²) in [5.41, 5.74) is 4.04. The van der Waals surface area contributed by atoms with Crippen LogP contribution in [0.5, 0.6) is 0 Å². The Hall–Kier alpha value is -0.820. The molecule has 0 N–H and O–H groups in total. The average molecular weight is 148 g/mol. The molecule has 2 rings (SSSR count). The van der Waals surface area contributed by atoms with Crippen molar-refractivity contribution in [3.05, 3.63) is 34.9 Å². The Morgan fingerprint density at radius 3 is 3.09 bits per heavy atom. The molecule has 1 atom stereocenters. The van der Waals surface area contributed by atoms with Gasteiger partial charge in [-0.1, -0.05) is 23.8 Å². The van der Waals surface area contributed by atoms with E-state index >= 15 is 0 Å². The second-order valence-electron chi connectivity index (χ2n) is 3.16. The monoisotopic (exact) mass is 148 g/mol. The minimum absolute atomic E-state index is 0.296. The first-order valence-electron chi connectivity index (χ1n) is 3.98. The summed E-state index contributed by atoms with van der Waals surface area (Å²) in [6, 6.07) is 6.52. The smallest absolute Gasteiger partial charge is 0.0805 e. The Labute approximate surface area is 67.0 Å². The standard InChI is InChI=1S/C10H12O/c1-7-3-4-9-6-11-8(2)10(9)5-7/h3-5,8H,6H2,1-2H3/t8-/m0/s1. The van der Waals surface area contributed by atoms with Crippen molar-refractivity contribution in [2.24, 2.45) is 0 Å². The van der Waals surface area contributed by atoms with E-state index in [1.165, 1.54) is 16.7 Å². The second kappa shape index (κ2) is 2.35. The number of hydrogen-bond donors (Lipinski definition) is 0. The summed E-state index contributed by atoms with van der Waals surface area (Å²) < 4.78 is 5.48. The molecule has 0 amide bonds.